The second kappa shape index (κ2) is 2.33. The molecule has 0 fully saturated rings. The summed E-state index contributed by atoms with van der Waals surface area (Å²) in [4.78, 5) is 12.6. The molecule has 0 bridgehead atoms. The Balaban J connectivity index is 2.80. The lowest BCUT2D eigenvalue weighted by atomic mass is 10.1. The zero-order chi connectivity index (χ0) is 7.72. The van der Waals surface area contributed by atoms with Gasteiger partial charge in [-0.2, -0.15) is 0 Å². The lowest BCUT2D eigenvalue weighted by Gasteiger charge is -2.29. The molecule has 2 amide bonds. The number of carbonyl (C=O) groups excluding carboxylic acids is 1. The van der Waals surface area contributed by atoms with Crippen molar-refractivity contribution in [3.05, 3.63) is 11.8 Å². The van der Waals surface area contributed by atoms with Crippen LogP contribution in [0.4, 0.5) is 4.79 Å². The highest BCUT2D eigenvalue weighted by atomic mass is 16.2. The third kappa shape index (κ3) is 0.988. The standard InChI is InChI=1S/C7H12N2O/c1-5-4-8-7(10)9(3)6(5)2/h4,6H,1-3H3,(H,8,10). The molecule has 0 aromatic rings. The summed E-state index contributed by atoms with van der Waals surface area (Å²) >= 11 is 0. The van der Waals surface area contributed by atoms with E-state index < -0.39 is 0 Å². The second-order valence-corrected chi connectivity index (χ2v) is 2.62. The van der Waals surface area contributed by atoms with E-state index in [2.05, 4.69) is 5.32 Å². The Bertz CT molecular complexity index is 186. The number of hydrogen-bond acceptors (Lipinski definition) is 1. The number of likely N-dealkylation sites (N-methyl/N-ethyl adjacent to an activating group) is 1. The molecule has 1 heterocycles. The first-order valence-corrected chi connectivity index (χ1v) is 3.33. The predicted octanol–water partition coefficient (Wildman–Crippen LogP) is 0.934. The molecule has 1 rings (SSSR count). The topological polar surface area (TPSA) is 32.3 Å². The fraction of sp³-hybridized carbons (Fsp3) is 0.571. The third-order valence-electron chi connectivity index (χ3n) is 1.98. The average Bonchev–Trinajstić information content (AvgIpc) is 1.93. The van der Waals surface area contributed by atoms with Crippen LogP contribution < -0.4 is 5.32 Å². The summed E-state index contributed by atoms with van der Waals surface area (Å²) in [7, 11) is 1.79. The number of nitrogens with zero attached hydrogens (tertiary/aromatic N) is 1. The Morgan fingerprint density at radius 3 is 2.80 bits per heavy atom. The Hall–Kier alpha value is -0.990. The number of rotatable bonds is 0. The minimum absolute atomic E-state index is 0.0295. The Morgan fingerprint density at radius 1 is 1.70 bits per heavy atom. The number of nitrogens with one attached hydrogen (secondary N) is 1. The molecule has 0 radical (unpaired) electrons. The molecular weight excluding hydrogens is 128 g/mol. The molecule has 10 heavy (non-hydrogen) atoms. The van der Waals surface area contributed by atoms with E-state index in [1.807, 2.05) is 13.8 Å². The summed E-state index contributed by atoms with van der Waals surface area (Å²) in [5, 5.41) is 2.64. The maximum Gasteiger partial charge on any atom is 0.321 e. The molecule has 1 atom stereocenters. The molecule has 0 aliphatic carbocycles. The van der Waals surface area contributed by atoms with Gasteiger partial charge in [-0.05, 0) is 19.4 Å². The number of amides is 2. The van der Waals surface area contributed by atoms with Crippen LogP contribution in [0.2, 0.25) is 0 Å². The molecule has 0 aromatic carbocycles. The largest absolute Gasteiger partial charge is 0.321 e. The van der Waals surface area contributed by atoms with Crippen LogP contribution in [0.15, 0.2) is 11.8 Å². The molecule has 3 heteroatoms. The third-order valence-corrected chi connectivity index (χ3v) is 1.98. The fourth-order valence-electron chi connectivity index (χ4n) is 0.879. The number of urea groups is 1. The van der Waals surface area contributed by atoms with Crippen molar-refractivity contribution in [1.82, 2.24) is 10.2 Å². The van der Waals surface area contributed by atoms with Crippen LogP contribution >= 0.6 is 0 Å². The summed E-state index contributed by atoms with van der Waals surface area (Å²) in [6, 6.07) is 0.201. The summed E-state index contributed by atoms with van der Waals surface area (Å²) < 4.78 is 0. The zero-order valence-corrected chi connectivity index (χ0v) is 6.51. The average molecular weight is 140 g/mol. The summed E-state index contributed by atoms with van der Waals surface area (Å²) in [5.41, 5.74) is 1.18. The predicted molar refractivity (Wildman–Crippen MR) is 39.5 cm³/mol. The van der Waals surface area contributed by atoms with Crippen molar-refractivity contribution < 1.29 is 4.79 Å². The maximum atomic E-state index is 10.9. The van der Waals surface area contributed by atoms with Gasteiger partial charge in [0.15, 0.2) is 0 Å². The van der Waals surface area contributed by atoms with Gasteiger partial charge in [0.1, 0.15) is 0 Å². The van der Waals surface area contributed by atoms with Crippen LogP contribution in [0.5, 0.6) is 0 Å². The molecule has 1 aliphatic rings. The lowest BCUT2D eigenvalue weighted by Crippen LogP contribution is -2.45. The van der Waals surface area contributed by atoms with E-state index in [4.69, 9.17) is 0 Å². The lowest BCUT2D eigenvalue weighted by molar-refractivity contribution is 0.199. The normalized spacial score (nSPS) is 25.9. The van der Waals surface area contributed by atoms with E-state index in [1.165, 1.54) is 5.57 Å². The summed E-state index contributed by atoms with van der Waals surface area (Å²) in [6.45, 7) is 4.01. The summed E-state index contributed by atoms with van der Waals surface area (Å²) in [6.07, 6.45) is 1.76. The van der Waals surface area contributed by atoms with Crippen LogP contribution in [0, 0.1) is 0 Å². The van der Waals surface area contributed by atoms with Gasteiger partial charge in [0.25, 0.3) is 0 Å². The summed E-state index contributed by atoms with van der Waals surface area (Å²) in [5.74, 6) is 0. The van der Waals surface area contributed by atoms with Crippen molar-refractivity contribution in [3.63, 3.8) is 0 Å². The minimum atomic E-state index is -0.0295. The van der Waals surface area contributed by atoms with Crippen LogP contribution in [-0.2, 0) is 0 Å². The van der Waals surface area contributed by atoms with Crippen molar-refractivity contribution in [3.8, 4) is 0 Å². The van der Waals surface area contributed by atoms with Crippen molar-refractivity contribution in [1.29, 1.82) is 0 Å². The molecule has 0 aromatic heterocycles. The number of carbonyl (C=O) groups is 1. The first kappa shape index (κ1) is 7.12. The van der Waals surface area contributed by atoms with Gasteiger partial charge in [-0.15, -0.1) is 0 Å². The van der Waals surface area contributed by atoms with Crippen LogP contribution in [-0.4, -0.2) is 24.0 Å². The van der Waals surface area contributed by atoms with Crippen LogP contribution in [0.3, 0.4) is 0 Å². The van der Waals surface area contributed by atoms with Gasteiger partial charge in [0, 0.05) is 13.2 Å². The second-order valence-electron chi connectivity index (χ2n) is 2.62. The van der Waals surface area contributed by atoms with Gasteiger partial charge in [0.05, 0.1) is 6.04 Å². The van der Waals surface area contributed by atoms with Crippen LogP contribution in [0.1, 0.15) is 13.8 Å². The number of hydrogen-bond donors (Lipinski definition) is 1. The zero-order valence-electron chi connectivity index (χ0n) is 6.51. The highest BCUT2D eigenvalue weighted by Crippen LogP contribution is 2.10. The molecule has 1 N–H and O–H groups in total. The highest BCUT2D eigenvalue weighted by Gasteiger charge is 2.19. The molecule has 56 valence electrons. The Kier molecular flexibility index (Phi) is 1.66. The molecule has 0 saturated heterocycles. The van der Waals surface area contributed by atoms with Gasteiger partial charge in [-0.1, -0.05) is 0 Å². The van der Waals surface area contributed by atoms with Gasteiger partial charge in [-0.3, -0.25) is 0 Å². The molecule has 3 nitrogen and oxygen atoms in total. The van der Waals surface area contributed by atoms with Gasteiger partial charge in [-0.25, -0.2) is 4.79 Å². The monoisotopic (exact) mass is 140 g/mol. The highest BCUT2D eigenvalue weighted by molar-refractivity contribution is 5.77. The fourth-order valence-corrected chi connectivity index (χ4v) is 0.879. The van der Waals surface area contributed by atoms with E-state index in [-0.39, 0.29) is 12.1 Å². The van der Waals surface area contributed by atoms with Crippen molar-refractivity contribution >= 4 is 6.03 Å². The molecule has 0 saturated carbocycles. The van der Waals surface area contributed by atoms with E-state index in [1.54, 1.807) is 18.1 Å². The van der Waals surface area contributed by atoms with Gasteiger partial charge < -0.3 is 10.2 Å². The first-order valence-electron chi connectivity index (χ1n) is 3.33. The quantitative estimate of drug-likeness (QED) is 0.533. The van der Waals surface area contributed by atoms with E-state index in [0.29, 0.717) is 0 Å². The van der Waals surface area contributed by atoms with Crippen molar-refractivity contribution in [2.75, 3.05) is 7.05 Å². The van der Waals surface area contributed by atoms with E-state index in [0.717, 1.165) is 0 Å². The molecule has 0 spiro atoms. The first-order chi connectivity index (χ1) is 4.63. The van der Waals surface area contributed by atoms with Crippen molar-refractivity contribution in [2.45, 2.75) is 19.9 Å². The Labute approximate surface area is 60.7 Å². The molecule has 1 unspecified atom stereocenters. The van der Waals surface area contributed by atoms with Crippen LogP contribution in [0.25, 0.3) is 0 Å². The Morgan fingerprint density at radius 2 is 2.30 bits per heavy atom. The van der Waals surface area contributed by atoms with E-state index >= 15 is 0 Å². The maximum absolute atomic E-state index is 10.9. The molecular formula is C7H12N2O. The van der Waals surface area contributed by atoms with Gasteiger partial charge in [0.2, 0.25) is 0 Å². The SMILES string of the molecule is CC1=CNC(=O)N(C)C1C. The van der Waals surface area contributed by atoms with Crippen molar-refractivity contribution in [2.24, 2.45) is 0 Å². The molecule has 1 aliphatic heterocycles. The van der Waals surface area contributed by atoms with E-state index in [9.17, 15) is 4.79 Å². The smallest absolute Gasteiger partial charge is 0.321 e. The minimum Gasteiger partial charge on any atom is -0.321 e. The van der Waals surface area contributed by atoms with Gasteiger partial charge >= 0.3 is 6.03 Å².